The highest BCUT2D eigenvalue weighted by Crippen LogP contribution is 2.31. The van der Waals surface area contributed by atoms with E-state index >= 15 is 0 Å². The SMILES string of the molecule is O=C(c1cccc(F)n1)N1CCN(C(=O)C2CC2)CC1. The minimum Gasteiger partial charge on any atom is -0.339 e. The van der Waals surface area contributed by atoms with Crippen LogP contribution in [0.4, 0.5) is 4.39 Å². The number of hydrogen-bond donors (Lipinski definition) is 0. The Bertz CT molecular complexity index is 537. The monoisotopic (exact) mass is 277 g/mol. The molecule has 1 saturated heterocycles. The minimum absolute atomic E-state index is 0.118. The molecule has 2 heterocycles. The van der Waals surface area contributed by atoms with Gasteiger partial charge in [0.2, 0.25) is 11.9 Å². The van der Waals surface area contributed by atoms with Crippen molar-refractivity contribution < 1.29 is 14.0 Å². The molecule has 0 spiro atoms. The van der Waals surface area contributed by atoms with Gasteiger partial charge in [-0.25, -0.2) is 4.98 Å². The van der Waals surface area contributed by atoms with Gasteiger partial charge < -0.3 is 9.80 Å². The number of piperazine rings is 1. The summed E-state index contributed by atoms with van der Waals surface area (Å²) in [6.45, 7) is 2.07. The lowest BCUT2D eigenvalue weighted by atomic mass is 10.2. The third-order valence-electron chi connectivity index (χ3n) is 3.74. The lowest BCUT2D eigenvalue weighted by Crippen LogP contribution is -2.51. The molecule has 0 radical (unpaired) electrons. The molecule has 106 valence electrons. The predicted octanol–water partition coefficient (Wildman–Crippen LogP) is 0.915. The van der Waals surface area contributed by atoms with Crippen molar-refractivity contribution in [3.05, 3.63) is 29.8 Å². The largest absolute Gasteiger partial charge is 0.339 e. The number of hydrogen-bond acceptors (Lipinski definition) is 3. The van der Waals surface area contributed by atoms with Crippen LogP contribution in [0.25, 0.3) is 0 Å². The van der Waals surface area contributed by atoms with Crippen molar-refractivity contribution in [2.75, 3.05) is 26.2 Å². The fraction of sp³-hybridized carbons (Fsp3) is 0.500. The van der Waals surface area contributed by atoms with Gasteiger partial charge in [0.25, 0.3) is 5.91 Å². The van der Waals surface area contributed by atoms with Gasteiger partial charge in [-0.2, -0.15) is 4.39 Å². The van der Waals surface area contributed by atoms with Crippen molar-refractivity contribution in [3.63, 3.8) is 0 Å². The molecular weight excluding hydrogens is 261 g/mol. The minimum atomic E-state index is -0.654. The van der Waals surface area contributed by atoms with Gasteiger partial charge in [0.05, 0.1) is 0 Å². The Morgan fingerprint density at radius 3 is 2.35 bits per heavy atom. The number of halogens is 1. The van der Waals surface area contributed by atoms with Gasteiger partial charge in [-0.05, 0) is 25.0 Å². The first-order valence-electron chi connectivity index (χ1n) is 6.86. The molecule has 5 nitrogen and oxygen atoms in total. The van der Waals surface area contributed by atoms with Crippen molar-refractivity contribution in [2.45, 2.75) is 12.8 Å². The zero-order valence-corrected chi connectivity index (χ0v) is 11.1. The zero-order valence-electron chi connectivity index (χ0n) is 11.1. The molecule has 2 fully saturated rings. The smallest absolute Gasteiger partial charge is 0.272 e. The number of aromatic nitrogens is 1. The predicted molar refractivity (Wildman–Crippen MR) is 69.4 cm³/mol. The van der Waals surface area contributed by atoms with E-state index < -0.39 is 5.95 Å². The Balaban J connectivity index is 1.60. The van der Waals surface area contributed by atoms with Gasteiger partial charge >= 0.3 is 0 Å². The second-order valence-electron chi connectivity index (χ2n) is 5.24. The Labute approximate surface area is 116 Å². The van der Waals surface area contributed by atoms with E-state index in [1.807, 2.05) is 4.90 Å². The molecule has 2 aliphatic rings. The lowest BCUT2D eigenvalue weighted by molar-refractivity contribution is -0.134. The summed E-state index contributed by atoms with van der Waals surface area (Å²) in [6, 6.07) is 4.19. The maximum atomic E-state index is 13.0. The van der Waals surface area contributed by atoms with Crippen molar-refractivity contribution in [1.29, 1.82) is 0 Å². The molecule has 6 heteroatoms. The normalized spacial score (nSPS) is 19.1. The zero-order chi connectivity index (χ0) is 14.1. The van der Waals surface area contributed by atoms with E-state index in [0.717, 1.165) is 12.8 Å². The van der Waals surface area contributed by atoms with Crippen LogP contribution in [0.15, 0.2) is 18.2 Å². The molecule has 1 aromatic heterocycles. The third-order valence-corrected chi connectivity index (χ3v) is 3.74. The topological polar surface area (TPSA) is 53.5 Å². The molecule has 1 aliphatic carbocycles. The molecule has 0 unspecified atom stereocenters. The van der Waals surface area contributed by atoms with Crippen LogP contribution >= 0.6 is 0 Å². The average Bonchev–Trinajstić information content (AvgIpc) is 3.30. The standard InChI is InChI=1S/C14H16FN3O2/c15-12-3-1-2-11(16-12)14(20)18-8-6-17(7-9-18)13(19)10-4-5-10/h1-3,10H,4-9H2. The van der Waals surface area contributed by atoms with Crippen LogP contribution in [-0.2, 0) is 4.79 Å². The number of carbonyl (C=O) groups is 2. The molecule has 2 amide bonds. The quantitative estimate of drug-likeness (QED) is 0.755. The third kappa shape index (κ3) is 2.64. The number of carbonyl (C=O) groups excluding carboxylic acids is 2. The molecule has 1 aromatic rings. The summed E-state index contributed by atoms with van der Waals surface area (Å²) in [4.78, 5) is 31.1. The van der Waals surface area contributed by atoms with E-state index in [4.69, 9.17) is 0 Å². The first-order valence-corrected chi connectivity index (χ1v) is 6.86. The van der Waals surface area contributed by atoms with Gasteiger partial charge in [-0.1, -0.05) is 6.07 Å². The summed E-state index contributed by atoms with van der Waals surface area (Å²) in [5, 5.41) is 0. The van der Waals surface area contributed by atoms with Crippen LogP contribution in [0.1, 0.15) is 23.3 Å². The molecule has 3 rings (SSSR count). The summed E-state index contributed by atoms with van der Waals surface area (Å²) >= 11 is 0. The molecule has 0 aromatic carbocycles. The van der Waals surface area contributed by atoms with Crippen LogP contribution in [-0.4, -0.2) is 52.8 Å². The van der Waals surface area contributed by atoms with Gasteiger partial charge in [0.15, 0.2) is 0 Å². The van der Waals surface area contributed by atoms with Crippen molar-refractivity contribution >= 4 is 11.8 Å². The summed E-state index contributed by atoms with van der Waals surface area (Å²) in [7, 11) is 0. The number of amides is 2. The van der Waals surface area contributed by atoms with Gasteiger partial charge in [0, 0.05) is 32.1 Å². The first-order chi connectivity index (χ1) is 9.65. The van der Waals surface area contributed by atoms with Crippen LogP contribution in [0, 0.1) is 11.9 Å². The van der Waals surface area contributed by atoms with E-state index in [9.17, 15) is 14.0 Å². The summed E-state index contributed by atoms with van der Waals surface area (Å²) in [5.41, 5.74) is 0.118. The van der Waals surface area contributed by atoms with Crippen molar-refractivity contribution in [3.8, 4) is 0 Å². The summed E-state index contributed by atoms with van der Waals surface area (Å²) in [5.74, 6) is -0.510. The fourth-order valence-corrected chi connectivity index (χ4v) is 2.41. The van der Waals surface area contributed by atoms with Crippen LogP contribution in [0.2, 0.25) is 0 Å². The molecule has 0 N–H and O–H groups in total. The van der Waals surface area contributed by atoms with E-state index in [2.05, 4.69) is 4.98 Å². The van der Waals surface area contributed by atoms with Crippen molar-refractivity contribution in [2.24, 2.45) is 5.92 Å². The lowest BCUT2D eigenvalue weighted by Gasteiger charge is -2.34. The number of rotatable bonds is 2. The van der Waals surface area contributed by atoms with Crippen LogP contribution in [0.3, 0.4) is 0 Å². The second-order valence-corrected chi connectivity index (χ2v) is 5.24. The van der Waals surface area contributed by atoms with Gasteiger partial charge in [0.1, 0.15) is 5.69 Å². The van der Waals surface area contributed by atoms with Gasteiger partial charge in [-0.3, -0.25) is 9.59 Å². The highest BCUT2D eigenvalue weighted by atomic mass is 19.1. The molecule has 1 saturated carbocycles. The average molecular weight is 277 g/mol. The summed E-state index contributed by atoms with van der Waals surface area (Å²) in [6.07, 6.45) is 1.98. The first kappa shape index (κ1) is 13.0. The fourth-order valence-electron chi connectivity index (χ4n) is 2.41. The molecule has 0 atom stereocenters. The van der Waals surface area contributed by atoms with E-state index in [0.29, 0.717) is 26.2 Å². The van der Waals surface area contributed by atoms with Crippen LogP contribution < -0.4 is 0 Å². The highest BCUT2D eigenvalue weighted by Gasteiger charge is 2.35. The molecule has 0 bridgehead atoms. The Kier molecular flexibility index (Phi) is 3.38. The molecular formula is C14H16FN3O2. The van der Waals surface area contributed by atoms with Crippen molar-refractivity contribution in [1.82, 2.24) is 14.8 Å². The number of nitrogens with zero attached hydrogens (tertiary/aromatic N) is 3. The number of pyridine rings is 1. The maximum Gasteiger partial charge on any atom is 0.272 e. The molecule has 1 aliphatic heterocycles. The maximum absolute atomic E-state index is 13.0. The molecule has 20 heavy (non-hydrogen) atoms. The van der Waals surface area contributed by atoms with Gasteiger partial charge in [-0.15, -0.1) is 0 Å². The second kappa shape index (κ2) is 5.19. The van der Waals surface area contributed by atoms with E-state index in [1.165, 1.54) is 18.2 Å². The Morgan fingerprint density at radius 1 is 1.10 bits per heavy atom. The van der Waals surface area contributed by atoms with E-state index in [1.54, 1.807) is 4.90 Å². The van der Waals surface area contributed by atoms with Crippen LogP contribution in [0.5, 0.6) is 0 Å². The summed E-state index contributed by atoms with van der Waals surface area (Å²) < 4.78 is 13.0. The Hall–Kier alpha value is -1.98. The van der Waals surface area contributed by atoms with E-state index in [-0.39, 0.29) is 23.4 Å². The highest BCUT2D eigenvalue weighted by molar-refractivity contribution is 5.92. The Morgan fingerprint density at radius 2 is 1.75 bits per heavy atom.